The molecule has 14 heavy (non-hydrogen) atoms. The third-order valence-electron chi connectivity index (χ3n) is 1.60. The predicted octanol–water partition coefficient (Wildman–Crippen LogP) is 0.859. The molecule has 0 fully saturated rings. The van der Waals surface area contributed by atoms with E-state index in [-0.39, 0.29) is 5.78 Å². The van der Waals surface area contributed by atoms with Crippen LogP contribution in [0.3, 0.4) is 0 Å². The smallest absolute Gasteiger partial charge is 0.209 e. The van der Waals surface area contributed by atoms with Crippen LogP contribution in [0.4, 0.5) is 0 Å². The molecule has 0 saturated carbocycles. The van der Waals surface area contributed by atoms with Crippen molar-refractivity contribution in [1.29, 1.82) is 0 Å². The molecule has 0 aliphatic carbocycles. The first kappa shape index (κ1) is 10.7. The van der Waals surface area contributed by atoms with Gasteiger partial charge in [0.25, 0.3) is 0 Å². The lowest BCUT2D eigenvalue weighted by Gasteiger charge is -2.20. The topological polar surface area (TPSA) is 78.3 Å². The number of nitrogens with two attached hydrogens (primary N) is 2. The third-order valence-corrected chi connectivity index (χ3v) is 1.60. The summed E-state index contributed by atoms with van der Waals surface area (Å²) in [6.45, 7) is 3.05. The summed E-state index contributed by atoms with van der Waals surface area (Å²) in [5.41, 5.74) is 11.5. The van der Waals surface area contributed by atoms with Crippen LogP contribution in [0.2, 0.25) is 0 Å². The summed E-state index contributed by atoms with van der Waals surface area (Å²) < 4.78 is 5.18. The Morgan fingerprint density at radius 2 is 1.79 bits per heavy atom. The summed E-state index contributed by atoms with van der Waals surface area (Å²) in [7, 11) is 0. The van der Waals surface area contributed by atoms with Gasteiger partial charge in [-0.15, -0.1) is 0 Å². The number of Topliss-reactive ketones (excluding diaryl/α,β-unsaturated/α-hetero) is 1. The molecule has 1 rings (SSSR count). The van der Waals surface area contributed by atoms with E-state index in [9.17, 15) is 4.79 Å². The number of carbonyl (C=O) groups is 1. The highest BCUT2D eigenvalue weighted by Crippen LogP contribution is 2.14. The SMILES string of the molecule is CC(=O)c1ccc(OC(C)(N)N)cc1. The Labute approximate surface area is 82.8 Å². The number of ether oxygens (including phenoxy) is 1. The van der Waals surface area contributed by atoms with Crippen molar-refractivity contribution in [2.45, 2.75) is 19.7 Å². The summed E-state index contributed by atoms with van der Waals surface area (Å²) in [6, 6.07) is 6.66. The first-order chi connectivity index (χ1) is 6.38. The second-order valence-electron chi connectivity index (χ2n) is 3.37. The minimum Gasteiger partial charge on any atom is -0.460 e. The van der Waals surface area contributed by atoms with Crippen LogP contribution >= 0.6 is 0 Å². The molecule has 0 unspecified atom stereocenters. The maximum Gasteiger partial charge on any atom is 0.209 e. The zero-order valence-corrected chi connectivity index (χ0v) is 8.28. The van der Waals surface area contributed by atoms with Gasteiger partial charge >= 0.3 is 0 Å². The van der Waals surface area contributed by atoms with E-state index in [0.29, 0.717) is 11.3 Å². The maximum atomic E-state index is 11.0. The molecule has 0 aliphatic heterocycles. The Kier molecular flexibility index (Phi) is 2.88. The van der Waals surface area contributed by atoms with E-state index in [1.165, 1.54) is 6.92 Å². The fourth-order valence-electron chi connectivity index (χ4n) is 1.01. The molecule has 1 aromatic carbocycles. The molecule has 0 saturated heterocycles. The highest BCUT2D eigenvalue weighted by molar-refractivity contribution is 5.94. The molecule has 0 radical (unpaired) electrons. The summed E-state index contributed by atoms with van der Waals surface area (Å²) in [4.78, 5) is 11.0. The lowest BCUT2D eigenvalue weighted by molar-refractivity contribution is 0.101. The summed E-state index contributed by atoms with van der Waals surface area (Å²) in [5, 5.41) is 0. The average Bonchev–Trinajstić information content (AvgIpc) is 2.02. The molecular weight excluding hydrogens is 180 g/mol. The molecular formula is C10H14N2O2. The summed E-state index contributed by atoms with van der Waals surface area (Å²) >= 11 is 0. The first-order valence-corrected chi connectivity index (χ1v) is 4.26. The number of hydrogen-bond donors (Lipinski definition) is 2. The molecule has 4 heteroatoms. The Balaban J connectivity index is 2.79. The van der Waals surface area contributed by atoms with Crippen molar-refractivity contribution in [3.8, 4) is 5.75 Å². The standard InChI is InChI=1S/C10H14N2O2/c1-7(13)8-3-5-9(6-4-8)14-10(2,11)12/h3-6H,11-12H2,1-2H3. The fraction of sp³-hybridized carbons (Fsp3) is 0.300. The van der Waals surface area contributed by atoms with Crippen molar-refractivity contribution in [3.05, 3.63) is 29.8 Å². The lowest BCUT2D eigenvalue weighted by atomic mass is 10.1. The van der Waals surface area contributed by atoms with Crippen LogP contribution < -0.4 is 16.2 Å². The predicted molar refractivity (Wildman–Crippen MR) is 53.9 cm³/mol. The van der Waals surface area contributed by atoms with Crippen molar-refractivity contribution < 1.29 is 9.53 Å². The van der Waals surface area contributed by atoms with Crippen LogP contribution in [-0.2, 0) is 0 Å². The van der Waals surface area contributed by atoms with Crippen LogP contribution in [-0.4, -0.2) is 11.6 Å². The van der Waals surface area contributed by atoms with E-state index in [1.807, 2.05) is 0 Å². The quantitative estimate of drug-likeness (QED) is 0.552. The Morgan fingerprint density at radius 1 is 1.29 bits per heavy atom. The zero-order chi connectivity index (χ0) is 10.8. The average molecular weight is 194 g/mol. The van der Waals surface area contributed by atoms with Gasteiger partial charge in [0.15, 0.2) is 5.78 Å². The van der Waals surface area contributed by atoms with Gasteiger partial charge in [0, 0.05) is 12.5 Å². The fourth-order valence-corrected chi connectivity index (χ4v) is 1.01. The van der Waals surface area contributed by atoms with Crippen LogP contribution in [0, 0.1) is 0 Å². The van der Waals surface area contributed by atoms with Crippen molar-refractivity contribution >= 4 is 5.78 Å². The lowest BCUT2D eigenvalue weighted by Crippen LogP contribution is -2.51. The molecule has 0 aromatic heterocycles. The third kappa shape index (κ3) is 3.16. The highest BCUT2D eigenvalue weighted by atomic mass is 16.5. The maximum absolute atomic E-state index is 11.0. The largest absolute Gasteiger partial charge is 0.460 e. The van der Waals surface area contributed by atoms with E-state index in [4.69, 9.17) is 16.2 Å². The van der Waals surface area contributed by atoms with Gasteiger partial charge in [-0.2, -0.15) is 0 Å². The Hall–Kier alpha value is -1.39. The van der Waals surface area contributed by atoms with Crippen LogP contribution in [0.25, 0.3) is 0 Å². The summed E-state index contributed by atoms with van der Waals surface area (Å²) in [6.07, 6.45) is 0. The van der Waals surface area contributed by atoms with Crippen molar-refractivity contribution in [1.82, 2.24) is 0 Å². The van der Waals surface area contributed by atoms with Gasteiger partial charge in [-0.05, 0) is 31.2 Å². The first-order valence-electron chi connectivity index (χ1n) is 4.26. The van der Waals surface area contributed by atoms with Gasteiger partial charge in [-0.1, -0.05) is 0 Å². The molecule has 0 spiro atoms. The van der Waals surface area contributed by atoms with Gasteiger partial charge in [-0.25, -0.2) is 0 Å². The van der Waals surface area contributed by atoms with E-state index < -0.39 is 5.85 Å². The van der Waals surface area contributed by atoms with E-state index in [1.54, 1.807) is 31.2 Å². The van der Waals surface area contributed by atoms with E-state index in [0.717, 1.165) is 0 Å². The van der Waals surface area contributed by atoms with Gasteiger partial charge < -0.3 is 4.74 Å². The van der Waals surface area contributed by atoms with Crippen LogP contribution in [0.15, 0.2) is 24.3 Å². The van der Waals surface area contributed by atoms with Crippen LogP contribution in [0.5, 0.6) is 5.75 Å². The van der Waals surface area contributed by atoms with Gasteiger partial charge in [0.1, 0.15) is 5.75 Å². The molecule has 4 nitrogen and oxygen atoms in total. The Morgan fingerprint density at radius 3 is 2.14 bits per heavy atom. The molecule has 0 aliphatic rings. The molecule has 0 amide bonds. The minimum atomic E-state index is -1.20. The number of rotatable bonds is 3. The number of ketones is 1. The van der Waals surface area contributed by atoms with Gasteiger partial charge in [-0.3, -0.25) is 16.3 Å². The molecule has 0 bridgehead atoms. The molecule has 4 N–H and O–H groups in total. The number of benzene rings is 1. The second kappa shape index (κ2) is 3.77. The number of carbonyl (C=O) groups excluding carboxylic acids is 1. The van der Waals surface area contributed by atoms with E-state index in [2.05, 4.69) is 0 Å². The van der Waals surface area contributed by atoms with Gasteiger partial charge in [0.05, 0.1) is 0 Å². The van der Waals surface area contributed by atoms with Gasteiger partial charge in [0.2, 0.25) is 5.85 Å². The zero-order valence-electron chi connectivity index (χ0n) is 8.28. The normalized spacial score (nSPS) is 11.1. The van der Waals surface area contributed by atoms with Crippen molar-refractivity contribution in [3.63, 3.8) is 0 Å². The van der Waals surface area contributed by atoms with Crippen LogP contribution in [0.1, 0.15) is 24.2 Å². The van der Waals surface area contributed by atoms with Crippen molar-refractivity contribution in [2.75, 3.05) is 0 Å². The molecule has 0 atom stereocenters. The minimum absolute atomic E-state index is 0.0137. The molecule has 0 heterocycles. The molecule has 76 valence electrons. The monoisotopic (exact) mass is 194 g/mol. The number of hydrogen-bond acceptors (Lipinski definition) is 4. The second-order valence-corrected chi connectivity index (χ2v) is 3.37. The van der Waals surface area contributed by atoms with Crippen molar-refractivity contribution in [2.24, 2.45) is 11.5 Å². The summed E-state index contributed by atoms with van der Waals surface area (Å²) in [5.74, 6) is -0.639. The van der Waals surface area contributed by atoms with E-state index >= 15 is 0 Å². The molecule has 1 aromatic rings. The highest BCUT2D eigenvalue weighted by Gasteiger charge is 2.12. The Bertz CT molecular complexity index is 325.